The Morgan fingerprint density at radius 1 is 1.18 bits per heavy atom. The van der Waals surface area contributed by atoms with Crippen molar-refractivity contribution in [1.82, 2.24) is 0 Å². The molecule has 0 radical (unpaired) electrons. The molecule has 0 saturated carbocycles. The highest BCUT2D eigenvalue weighted by atomic mass is 19.4. The molecule has 4 nitrogen and oxygen atoms in total. The van der Waals surface area contributed by atoms with Crippen LogP contribution in [0, 0.1) is 10.1 Å². The fraction of sp³-hybridized carbons (Fsp3) is 0.600. The molecule has 0 saturated heterocycles. The largest absolute Gasteiger partial charge is 0.493 e. The SMILES string of the molecule is CCCCOc1cc([N+](=O)[O-])c(C(F)(F)F)cc1C(C)(C)C. The molecule has 0 unspecified atom stereocenters. The van der Waals surface area contributed by atoms with Crippen molar-refractivity contribution < 1.29 is 22.8 Å². The van der Waals surface area contributed by atoms with Gasteiger partial charge in [-0.2, -0.15) is 13.2 Å². The molecule has 1 rings (SSSR count). The van der Waals surface area contributed by atoms with Gasteiger partial charge in [0.1, 0.15) is 11.3 Å². The minimum atomic E-state index is -4.79. The Morgan fingerprint density at radius 2 is 1.77 bits per heavy atom. The molecular weight excluding hydrogens is 299 g/mol. The van der Waals surface area contributed by atoms with E-state index in [1.807, 2.05) is 6.92 Å². The maximum Gasteiger partial charge on any atom is 0.423 e. The number of nitrogens with zero attached hydrogens (tertiary/aromatic N) is 1. The van der Waals surface area contributed by atoms with Crippen LogP contribution in [0.15, 0.2) is 12.1 Å². The normalized spacial score (nSPS) is 12.3. The maximum atomic E-state index is 13.1. The van der Waals surface area contributed by atoms with Crippen LogP contribution in [0.25, 0.3) is 0 Å². The molecule has 1 aromatic rings. The Balaban J connectivity index is 3.48. The monoisotopic (exact) mass is 319 g/mol. The third-order valence-electron chi connectivity index (χ3n) is 3.16. The first-order valence-electron chi connectivity index (χ1n) is 7.01. The maximum absolute atomic E-state index is 13.1. The molecule has 0 heterocycles. The van der Waals surface area contributed by atoms with Gasteiger partial charge < -0.3 is 4.74 Å². The zero-order chi connectivity index (χ0) is 17.1. The lowest BCUT2D eigenvalue weighted by molar-refractivity contribution is -0.388. The lowest BCUT2D eigenvalue weighted by Crippen LogP contribution is -2.18. The molecule has 7 heteroatoms. The molecule has 0 N–H and O–H groups in total. The number of halogens is 3. The number of hydrogen-bond donors (Lipinski definition) is 0. The van der Waals surface area contributed by atoms with Crippen molar-refractivity contribution in [1.29, 1.82) is 0 Å². The predicted octanol–water partition coefficient (Wildman–Crippen LogP) is 5.09. The van der Waals surface area contributed by atoms with Crippen LogP contribution in [0.1, 0.15) is 51.7 Å². The summed E-state index contributed by atoms with van der Waals surface area (Å²) in [6.07, 6.45) is -3.21. The van der Waals surface area contributed by atoms with Gasteiger partial charge in [0.05, 0.1) is 17.6 Å². The molecule has 0 aliphatic rings. The second-order valence-corrected chi connectivity index (χ2v) is 6.07. The third kappa shape index (κ3) is 4.35. The molecule has 0 aromatic heterocycles. The summed E-state index contributed by atoms with van der Waals surface area (Å²) in [5, 5.41) is 11.0. The van der Waals surface area contributed by atoms with E-state index in [1.165, 1.54) is 0 Å². The van der Waals surface area contributed by atoms with Crippen molar-refractivity contribution in [2.45, 2.75) is 52.1 Å². The summed E-state index contributed by atoms with van der Waals surface area (Å²) in [7, 11) is 0. The van der Waals surface area contributed by atoms with Gasteiger partial charge in [-0.15, -0.1) is 0 Å². The molecule has 0 spiro atoms. The van der Waals surface area contributed by atoms with Crippen molar-refractivity contribution in [3.63, 3.8) is 0 Å². The summed E-state index contributed by atoms with van der Waals surface area (Å²) >= 11 is 0. The van der Waals surface area contributed by atoms with Crippen molar-refractivity contribution in [2.24, 2.45) is 0 Å². The summed E-state index contributed by atoms with van der Waals surface area (Å²) in [5.41, 5.74) is -2.55. The standard InChI is InChI=1S/C15H20F3NO3/c1-5-6-7-22-13-9-12(19(20)21)10(15(16,17)18)8-11(13)14(2,3)4/h8-9H,5-7H2,1-4H3. The zero-order valence-corrected chi connectivity index (χ0v) is 13.1. The fourth-order valence-corrected chi connectivity index (χ4v) is 1.98. The first-order chi connectivity index (χ1) is 9.98. The number of nitro benzene ring substituents is 1. The molecule has 0 bridgehead atoms. The van der Waals surface area contributed by atoms with Gasteiger partial charge in [0.25, 0.3) is 5.69 Å². The number of rotatable bonds is 5. The molecule has 0 aliphatic carbocycles. The predicted molar refractivity (Wildman–Crippen MR) is 77.2 cm³/mol. The molecular formula is C15H20F3NO3. The Bertz CT molecular complexity index is 548. The number of benzene rings is 1. The summed E-state index contributed by atoms with van der Waals surface area (Å²) in [4.78, 5) is 9.94. The molecule has 0 aliphatic heterocycles. The van der Waals surface area contributed by atoms with Gasteiger partial charge in [0.2, 0.25) is 0 Å². The number of alkyl halides is 3. The number of hydrogen-bond acceptors (Lipinski definition) is 3. The smallest absolute Gasteiger partial charge is 0.423 e. The minimum absolute atomic E-state index is 0.139. The van der Waals surface area contributed by atoms with E-state index in [2.05, 4.69) is 0 Å². The number of unbranched alkanes of at least 4 members (excludes halogenated alkanes) is 1. The first-order valence-corrected chi connectivity index (χ1v) is 7.01. The van der Waals surface area contributed by atoms with Crippen LogP contribution < -0.4 is 4.74 Å². The van der Waals surface area contributed by atoms with Gasteiger partial charge in [0, 0.05) is 5.56 Å². The highest BCUT2D eigenvalue weighted by molar-refractivity contribution is 5.54. The molecule has 0 amide bonds. The third-order valence-corrected chi connectivity index (χ3v) is 3.16. The van der Waals surface area contributed by atoms with E-state index in [-0.39, 0.29) is 5.75 Å². The zero-order valence-electron chi connectivity index (χ0n) is 13.1. The molecule has 0 atom stereocenters. The van der Waals surface area contributed by atoms with Crippen LogP contribution in [-0.4, -0.2) is 11.5 Å². The summed E-state index contributed by atoms with van der Waals surface area (Å²) < 4.78 is 44.7. The Kier molecular flexibility index (Phi) is 5.43. The second-order valence-electron chi connectivity index (χ2n) is 6.07. The summed E-state index contributed by atoms with van der Waals surface area (Å²) in [5.74, 6) is 0.139. The van der Waals surface area contributed by atoms with Crippen LogP contribution in [0.4, 0.5) is 18.9 Å². The van der Waals surface area contributed by atoms with Gasteiger partial charge >= 0.3 is 6.18 Å². The lowest BCUT2D eigenvalue weighted by atomic mass is 9.85. The Morgan fingerprint density at radius 3 is 2.18 bits per heavy atom. The van der Waals surface area contributed by atoms with Gasteiger partial charge in [-0.3, -0.25) is 10.1 Å². The van der Waals surface area contributed by atoms with Crippen LogP contribution in [-0.2, 0) is 11.6 Å². The van der Waals surface area contributed by atoms with Crippen molar-refractivity contribution in [3.05, 3.63) is 33.4 Å². The van der Waals surface area contributed by atoms with E-state index in [9.17, 15) is 23.3 Å². The van der Waals surface area contributed by atoms with Gasteiger partial charge in [-0.25, -0.2) is 0 Å². The van der Waals surface area contributed by atoms with E-state index < -0.39 is 27.8 Å². The van der Waals surface area contributed by atoms with E-state index in [1.54, 1.807) is 20.8 Å². The summed E-state index contributed by atoms with van der Waals surface area (Å²) in [6, 6.07) is 1.72. The molecule has 0 fully saturated rings. The van der Waals surface area contributed by atoms with Crippen molar-refractivity contribution >= 4 is 5.69 Å². The topological polar surface area (TPSA) is 52.4 Å². The molecule has 124 valence electrons. The van der Waals surface area contributed by atoms with E-state index in [0.717, 1.165) is 25.0 Å². The van der Waals surface area contributed by atoms with Crippen molar-refractivity contribution in [2.75, 3.05) is 6.61 Å². The van der Waals surface area contributed by atoms with E-state index >= 15 is 0 Å². The average molecular weight is 319 g/mol. The Labute approximate surface area is 127 Å². The fourth-order valence-electron chi connectivity index (χ4n) is 1.98. The van der Waals surface area contributed by atoms with E-state index in [4.69, 9.17) is 4.74 Å². The minimum Gasteiger partial charge on any atom is -0.493 e. The van der Waals surface area contributed by atoms with E-state index in [0.29, 0.717) is 12.2 Å². The summed E-state index contributed by atoms with van der Waals surface area (Å²) in [6.45, 7) is 7.47. The lowest BCUT2D eigenvalue weighted by Gasteiger charge is -2.24. The Hall–Kier alpha value is -1.79. The molecule has 22 heavy (non-hydrogen) atoms. The highest BCUT2D eigenvalue weighted by Crippen LogP contribution is 2.43. The van der Waals surface area contributed by atoms with Gasteiger partial charge in [-0.1, -0.05) is 34.1 Å². The molecule has 1 aromatic carbocycles. The van der Waals surface area contributed by atoms with Crippen molar-refractivity contribution in [3.8, 4) is 5.75 Å². The first kappa shape index (κ1) is 18.3. The number of ether oxygens (including phenoxy) is 1. The highest BCUT2D eigenvalue weighted by Gasteiger charge is 2.40. The van der Waals surface area contributed by atoms with Crippen LogP contribution in [0.5, 0.6) is 5.75 Å². The van der Waals surface area contributed by atoms with Gasteiger partial charge in [-0.05, 0) is 17.9 Å². The van der Waals surface area contributed by atoms with Crippen LogP contribution >= 0.6 is 0 Å². The van der Waals surface area contributed by atoms with Gasteiger partial charge in [0.15, 0.2) is 0 Å². The average Bonchev–Trinajstić information content (AvgIpc) is 2.35. The quantitative estimate of drug-likeness (QED) is 0.431. The van der Waals surface area contributed by atoms with Crippen LogP contribution in [0.3, 0.4) is 0 Å². The second kappa shape index (κ2) is 6.54. The number of nitro groups is 1. The van der Waals surface area contributed by atoms with Crippen LogP contribution in [0.2, 0.25) is 0 Å².